The highest BCUT2D eigenvalue weighted by Gasteiger charge is 2.59. The van der Waals surface area contributed by atoms with Gasteiger partial charge >= 0.3 is 0 Å². The minimum atomic E-state index is 0.561. The molecular weight excluding hydrogens is 194 g/mol. The molecule has 1 aliphatic heterocycles. The molecule has 1 heteroatoms. The van der Waals surface area contributed by atoms with Crippen molar-refractivity contribution in [3.63, 3.8) is 0 Å². The Hall–Kier alpha value is -0.0400. The lowest BCUT2D eigenvalue weighted by Crippen LogP contribution is -2.38. The van der Waals surface area contributed by atoms with Crippen LogP contribution in [0.3, 0.4) is 0 Å². The summed E-state index contributed by atoms with van der Waals surface area (Å²) in [6, 6.07) is 0.715. The van der Waals surface area contributed by atoms with E-state index in [0.717, 1.165) is 11.8 Å². The summed E-state index contributed by atoms with van der Waals surface area (Å²) in [4.78, 5) is 2.70. The molecule has 0 aromatic carbocycles. The number of hydrogen-bond donors (Lipinski definition) is 0. The van der Waals surface area contributed by atoms with Gasteiger partial charge in [-0.25, -0.2) is 0 Å². The Labute approximate surface area is 102 Å². The fraction of sp³-hybridized carbons (Fsp3) is 1.00. The van der Waals surface area contributed by atoms with Gasteiger partial charge in [0.15, 0.2) is 0 Å². The standard InChI is InChI=1S/C15H29N/c1-11(2)13-7-8-14(5)9-16(12(3)4)10-15(13,14)6/h11-13H,7-10H2,1-6H3/t13?,14-,15-/m1/s1. The minimum Gasteiger partial charge on any atom is -0.300 e. The van der Waals surface area contributed by atoms with Gasteiger partial charge in [0.05, 0.1) is 0 Å². The van der Waals surface area contributed by atoms with Crippen molar-refractivity contribution in [1.82, 2.24) is 4.90 Å². The van der Waals surface area contributed by atoms with Crippen molar-refractivity contribution in [2.45, 2.75) is 60.4 Å². The Morgan fingerprint density at radius 3 is 2.19 bits per heavy atom. The summed E-state index contributed by atoms with van der Waals surface area (Å²) in [7, 11) is 0. The molecule has 2 fully saturated rings. The Morgan fingerprint density at radius 2 is 1.69 bits per heavy atom. The fourth-order valence-electron chi connectivity index (χ4n) is 4.45. The highest BCUT2D eigenvalue weighted by Crippen LogP contribution is 2.62. The van der Waals surface area contributed by atoms with Gasteiger partial charge in [-0.15, -0.1) is 0 Å². The molecule has 0 amide bonds. The van der Waals surface area contributed by atoms with Crippen LogP contribution in [0, 0.1) is 22.7 Å². The van der Waals surface area contributed by atoms with Gasteiger partial charge in [-0.05, 0) is 49.4 Å². The van der Waals surface area contributed by atoms with E-state index in [0.29, 0.717) is 16.9 Å². The summed E-state index contributed by atoms with van der Waals surface area (Å²) < 4.78 is 0. The van der Waals surface area contributed by atoms with Crippen LogP contribution < -0.4 is 0 Å². The summed E-state index contributed by atoms with van der Waals surface area (Å²) >= 11 is 0. The molecule has 0 spiro atoms. The molecule has 1 nitrogen and oxygen atoms in total. The normalized spacial score (nSPS) is 44.6. The van der Waals surface area contributed by atoms with E-state index in [-0.39, 0.29) is 0 Å². The van der Waals surface area contributed by atoms with E-state index in [9.17, 15) is 0 Å². The van der Waals surface area contributed by atoms with Crippen LogP contribution in [0.2, 0.25) is 0 Å². The summed E-state index contributed by atoms with van der Waals surface area (Å²) in [5.74, 6) is 1.78. The molecule has 0 aromatic rings. The van der Waals surface area contributed by atoms with Crippen LogP contribution in [-0.2, 0) is 0 Å². The van der Waals surface area contributed by atoms with Crippen LogP contribution in [-0.4, -0.2) is 24.0 Å². The highest BCUT2D eigenvalue weighted by atomic mass is 15.2. The number of fused-ring (bicyclic) bond motifs is 1. The van der Waals surface area contributed by atoms with Crippen LogP contribution in [0.15, 0.2) is 0 Å². The average Bonchev–Trinajstić information content (AvgIpc) is 2.51. The smallest absolute Gasteiger partial charge is 0.00467 e. The van der Waals surface area contributed by atoms with Crippen LogP contribution in [0.5, 0.6) is 0 Å². The monoisotopic (exact) mass is 223 g/mol. The molecule has 1 heterocycles. The lowest BCUT2D eigenvalue weighted by atomic mass is 9.64. The van der Waals surface area contributed by atoms with Gasteiger partial charge in [-0.3, -0.25) is 4.90 Å². The zero-order valence-electron chi connectivity index (χ0n) is 12.0. The zero-order valence-corrected chi connectivity index (χ0v) is 12.0. The summed E-state index contributed by atoms with van der Waals surface area (Å²) in [6.07, 6.45) is 2.90. The van der Waals surface area contributed by atoms with E-state index in [2.05, 4.69) is 46.4 Å². The lowest BCUT2D eigenvalue weighted by molar-refractivity contribution is 0.0986. The maximum Gasteiger partial charge on any atom is 0.00467 e. The third kappa shape index (κ3) is 1.54. The Kier molecular flexibility index (Phi) is 2.89. The molecule has 16 heavy (non-hydrogen) atoms. The van der Waals surface area contributed by atoms with Gasteiger partial charge in [0.25, 0.3) is 0 Å². The van der Waals surface area contributed by atoms with E-state index < -0.39 is 0 Å². The first-order valence-corrected chi connectivity index (χ1v) is 7.04. The van der Waals surface area contributed by atoms with E-state index in [1.165, 1.54) is 25.9 Å². The van der Waals surface area contributed by atoms with Gasteiger partial charge in [-0.2, -0.15) is 0 Å². The average molecular weight is 223 g/mol. The predicted molar refractivity (Wildman–Crippen MR) is 70.5 cm³/mol. The third-order valence-electron chi connectivity index (χ3n) is 5.82. The van der Waals surface area contributed by atoms with Crippen molar-refractivity contribution >= 4 is 0 Å². The van der Waals surface area contributed by atoms with E-state index in [1.54, 1.807) is 0 Å². The van der Waals surface area contributed by atoms with Gasteiger partial charge in [0.1, 0.15) is 0 Å². The number of nitrogens with zero attached hydrogens (tertiary/aromatic N) is 1. The Morgan fingerprint density at radius 1 is 1.06 bits per heavy atom. The molecule has 0 radical (unpaired) electrons. The van der Waals surface area contributed by atoms with Crippen LogP contribution in [0.25, 0.3) is 0 Å². The molecule has 1 saturated carbocycles. The molecular formula is C15H29N. The van der Waals surface area contributed by atoms with Crippen molar-refractivity contribution in [2.75, 3.05) is 13.1 Å². The lowest BCUT2D eigenvalue weighted by Gasteiger charge is -2.39. The topological polar surface area (TPSA) is 3.24 Å². The fourth-order valence-corrected chi connectivity index (χ4v) is 4.45. The molecule has 0 aromatic heterocycles. The van der Waals surface area contributed by atoms with Gasteiger partial charge in [0.2, 0.25) is 0 Å². The molecule has 1 saturated heterocycles. The second-order valence-electron chi connectivity index (χ2n) is 7.37. The molecule has 0 N–H and O–H groups in total. The van der Waals surface area contributed by atoms with E-state index in [4.69, 9.17) is 0 Å². The van der Waals surface area contributed by atoms with Crippen molar-refractivity contribution in [1.29, 1.82) is 0 Å². The molecule has 1 aliphatic carbocycles. The summed E-state index contributed by atoms with van der Waals surface area (Å²) in [5.41, 5.74) is 1.14. The first-order chi connectivity index (χ1) is 7.30. The molecule has 0 bridgehead atoms. The molecule has 2 aliphatic rings. The maximum absolute atomic E-state index is 2.70. The second-order valence-corrected chi connectivity index (χ2v) is 7.37. The molecule has 1 unspecified atom stereocenters. The number of rotatable bonds is 2. The SMILES string of the molecule is CC(C)C1CC[C@]2(C)CN(C(C)C)C[C@]12C. The van der Waals surface area contributed by atoms with Crippen molar-refractivity contribution in [2.24, 2.45) is 22.7 Å². The largest absolute Gasteiger partial charge is 0.300 e. The second kappa shape index (κ2) is 3.73. The van der Waals surface area contributed by atoms with Crippen LogP contribution >= 0.6 is 0 Å². The predicted octanol–water partition coefficient (Wildman–Crippen LogP) is 3.79. The van der Waals surface area contributed by atoms with Crippen LogP contribution in [0.1, 0.15) is 54.4 Å². The summed E-state index contributed by atoms with van der Waals surface area (Å²) in [5, 5.41) is 0. The quantitative estimate of drug-likeness (QED) is 0.688. The maximum atomic E-state index is 2.70. The molecule has 2 rings (SSSR count). The highest BCUT2D eigenvalue weighted by molar-refractivity contribution is 5.10. The van der Waals surface area contributed by atoms with E-state index in [1.807, 2.05) is 0 Å². The van der Waals surface area contributed by atoms with Gasteiger partial charge < -0.3 is 0 Å². The minimum absolute atomic E-state index is 0.561. The van der Waals surface area contributed by atoms with E-state index >= 15 is 0 Å². The first-order valence-electron chi connectivity index (χ1n) is 7.04. The zero-order chi connectivity index (χ0) is 12.1. The van der Waals surface area contributed by atoms with Crippen molar-refractivity contribution in [3.8, 4) is 0 Å². The van der Waals surface area contributed by atoms with Gasteiger partial charge in [-0.1, -0.05) is 27.7 Å². The molecule has 94 valence electrons. The molecule has 3 atom stereocenters. The Bertz CT molecular complexity index is 271. The van der Waals surface area contributed by atoms with Crippen molar-refractivity contribution < 1.29 is 0 Å². The third-order valence-corrected chi connectivity index (χ3v) is 5.82. The first kappa shape index (κ1) is 12.4. The van der Waals surface area contributed by atoms with Crippen LogP contribution in [0.4, 0.5) is 0 Å². The number of hydrogen-bond acceptors (Lipinski definition) is 1. The van der Waals surface area contributed by atoms with Gasteiger partial charge in [0, 0.05) is 19.1 Å². The Balaban J connectivity index is 2.25. The van der Waals surface area contributed by atoms with Crippen molar-refractivity contribution in [3.05, 3.63) is 0 Å². The number of likely N-dealkylation sites (tertiary alicyclic amines) is 1. The summed E-state index contributed by atoms with van der Waals surface area (Å²) in [6.45, 7) is 17.3.